The average molecular weight is 471 g/mol. The van der Waals surface area contributed by atoms with Gasteiger partial charge in [-0.2, -0.15) is 0 Å². The molecule has 0 radical (unpaired) electrons. The maximum atomic E-state index is 10.9. The van der Waals surface area contributed by atoms with Crippen LogP contribution in [0.15, 0.2) is 65.6 Å². The lowest BCUT2D eigenvalue weighted by atomic mass is 10.0. The summed E-state index contributed by atoms with van der Waals surface area (Å²) in [5.74, 6) is 0.763. The van der Waals surface area contributed by atoms with Crippen LogP contribution in [0.25, 0.3) is 22.3 Å². The van der Waals surface area contributed by atoms with E-state index in [4.69, 9.17) is 23.4 Å². The van der Waals surface area contributed by atoms with Crippen LogP contribution in [-0.4, -0.2) is 61.6 Å². The van der Waals surface area contributed by atoms with Crippen molar-refractivity contribution in [2.75, 3.05) is 33.2 Å². The summed E-state index contributed by atoms with van der Waals surface area (Å²) in [7, 11) is 0. The number of aryl methyl sites for hydroxylation is 1. The normalized spacial score (nSPS) is 12.9. The zero-order valence-corrected chi connectivity index (χ0v) is 19.1. The summed E-state index contributed by atoms with van der Waals surface area (Å²) in [6.45, 7) is 4.97. The highest BCUT2D eigenvalue weighted by molar-refractivity contribution is 5.84. The van der Waals surface area contributed by atoms with Crippen LogP contribution < -0.4 is 4.74 Å². The van der Waals surface area contributed by atoms with E-state index in [2.05, 4.69) is 19.6 Å². The van der Waals surface area contributed by atoms with Gasteiger partial charge in [0, 0.05) is 23.1 Å². The molecule has 0 fully saturated rings. The Labute approximate surface area is 198 Å². The van der Waals surface area contributed by atoms with Crippen LogP contribution in [0, 0.1) is 0 Å². The second-order valence-corrected chi connectivity index (χ2v) is 7.63. The molecule has 2 aromatic carbocycles. The number of hydrogen-bond acceptors (Lipinski definition) is 8. The van der Waals surface area contributed by atoms with Gasteiger partial charge < -0.3 is 33.6 Å². The van der Waals surface area contributed by atoms with Gasteiger partial charge in [-0.25, -0.2) is 4.79 Å². The Bertz CT molecular complexity index is 1070. The summed E-state index contributed by atoms with van der Waals surface area (Å²) in [4.78, 5) is 10.9. The first kappa shape index (κ1) is 25.5. The number of ether oxygens (including phenoxy) is 4. The van der Waals surface area contributed by atoms with E-state index >= 15 is 0 Å². The molecule has 2 N–H and O–H groups in total. The number of carbonyl (C=O) groups excluding carboxylic acids is 1. The van der Waals surface area contributed by atoms with Gasteiger partial charge >= 0.3 is 5.97 Å². The molecule has 3 rings (SSSR count). The van der Waals surface area contributed by atoms with Crippen molar-refractivity contribution in [3.63, 3.8) is 0 Å². The summed E-state index contributed by atoms with van der Waals surface area (Å²) in [5, 5.41) is 20.6. The molecule has 1 heterocycles. The molecule has 0 aliphatic heterocycles. The number of fused-ring (bicyclic) bond motifs is 1. The van der Waals surface area contributed by atoms with Crippen molar-refractivity contribution in [1.29, 1.82) is 0 Å². The van der Waals surface area contributed by atoms with Crippen LogP contribution in [0.5, 0.6) is 5.75 Å². The van der Waals surface area contributed by atoms with Gasteiger partial charge in [0.05, 0.1) is 13.2 Å². The Morgan fingerprint density at radius 3 is 2.50 bits per heavy atom. The molecule has 0 aliphatic rings. The van der Waals surface area contributed by atoms with Gasteiger partial charge in [0.2, 0.25) is 0 Å². The Morgan fingerprint density at radius 2 is 1.76 bits per heavy atom. The maximum absolute atomic E-state index is 10.9. The van der Waals surface area contributed by atoms with Gasteiger partial charge in [0.15, 0.2) is 0 Å². The van der Waals surface area contributed by atoms with Crippen LogP contribution in [-0.2, 0) is 25.4 Å². The molecule has 8 nitrogen and oxygen atoms in total. The third kappa shape index (κ3) is 7.43. The van der Waals surface area contributed by atoms with Gasteiger partial charge in [-0.3, -0.25) is 0 Å². The van der Waals surface area contributed by atoms with Crippen LogP contribution in [0.2, 0.25) is 0 Å². The number of hydrogen-bond donors (Lipinski definition) is 2. The summed E-state index contributed by atoms with van der Waals surface area (Å²) >= 11 is 0. The number of benzene rings is 2. The van der Waals surface area contributed by atoms with Crippen molar-refractivity contribution < 1.29 is 38.4 Å². The van der Waals surface area contributed by atoms with Gasteiger partial charge in [0.1, 0.15) is 49.3 Å². The fourth-order valence-electron chi connectivity index (χ4n) is 3.26. The molecular weight excluding hydrogens is 440 g/mol. The standard InChI is InChI=1S/C26H30O8/c1-3-18-7-5-6-8-23(18)25-11-19-9-10-22(12-24(19)34-25)32-15-20(27)13-30-17-31-14-21(28)16-33-26(29)4-2/h4-12,20-21,27-28H,2-3,13-17H2,1H3. The van der Waals surface area contributed by atoms with Crippen molar-refractivity contribution >= 4 is 16.9 Å². The van der Waals surface area contributed by atoms with Crippen LogP contribution in [0.4, 0.5) is 0 Å². The Balaban J connectivity index is 1.41. The van der Waals surface area contributed by atoms with E-state index in [1.807, 2.05) is 36.4 Å². The lowest BCUT2D eigenvalue weighted by Gasteiger charge is -2.14. The van der Waals surface area contributed by atoms with Gasteiger partial charge in [0.25, 0.3) is 0 Å². The van der Waals surface area contributed by atoms with Crippen LogP contribution in [0.1, 0.15) is 12.5 Å². The Morgan fingerprint density at radius 1 is 1.03 bits per heavy atom. The van der Waals surface area contributed by atoms with Crippen molar-refractivity contribution in [1.82, 2.24) is 0 Å². The minimum absolute atomic E-state index is 0.0114. The second kappa shape index (κ2) is 12.9. The molecule has 0 saturated carbocycles. The minimum atomic E-state index is -0.978. The summed E-state index contributed by atoms with van der Waals surface area (Å²) in [6, 6.07) is 15.7. The maximum Gasteiger partial charge on any atom is 0.330 e. The summed E-state index contributed by atoms with van der Waals surface area (Å²) in [5.41, 5.74) is 2.99. The largest absolute Gasteiger partial charge is 0.491 e. The topological polar surface area (TPSA) is 108 Å². The lowest BCUT2D eigenvalue weighted by Crippen LogP contribution is -2.26. The monoisotopic (exact) mass is 470 g/mol. The molecule has 34 heavy (non-hydrogen) atoms. The first-order valence-electron chi connectivity index (χ1n) is 11.1. The zero-order chi connectivity index (χ0) is 24.3. The van der Waals surface area contributed by atoms with Crippen LogP contribution in [0.3, 0.4) is 0 Å². The second-order valence-electron chi connectivity index (χ2n) is 7.63. The number of esters is 1. The first-order valence-corrected chi connectivity index (χ1v) is 11.1. The van der Waals surface area contributed by atoms with E-state index in [1.54, 1.807) is 6.07 Å². The van der Waals surface area contributed by atoms with E-state index in [9.17, 15) is 15.0 Å². The molecular formula is C26H30O8. The molecule has 8 heteroatoms. The molecule has 0 aliphatic carbocycles. The fraction of sp³-hybridized carbons (Fsp3) is 0.346. The molecule has 2 atom stereocenters. The van der Waals surface area contributed by atoms with Gasteiger partial charge in [-0.05, 0) is 30.2 Å². The highest BCUT2D eigenvalue weighted by Gasteiger charge is 2.12. The van der Waals surface area contributed by atoms with Crippen molar-refractivity contribution in [2.24, 2.45) is 0 Å². The van der Waals surface area contributed by atoms with Crippen molar-refractivity contribution in [2.45, 2.75) is 25.6 Å². The van der Waals surface area contributed by atoms with Gasteiger partial charge in [-0.15, -0.1) is 0 Å². The molecule has 0 amide bonds. The van der Waals surface area contributed by atoms with E-state index in [1.165, 1.54) is 5.56 Å². The Hall–Kier alpha value is -3.17. The highest BCUT2D eigenvalue weighted by Crippen LogP contribution is 2.32. The number of aliphatic hydroxyl groups excluding tert-OH is 2. The summed E-state index contributed by atoms with van der Waals surface area (Å²) < 4.78 is 26.8. The van der Waals surface area contributed by atoms with E-state index in [0.717, 1.165) is 29.2 Å². The minimum Gasteiger partial charge on any atom is -0.491 e. The molecule has 182 valence electrons. The van der Waals surface area contributed by atoms with E-state index in [0.29, 0.717) is 11.3 Å². The van der Waals surface area contributed by atoms with E-state index < -0.39 is 18.2 Å². The molecule has 2 unspecified atom stereocenters. The predicted molar refractivity (Wildman–Crippen MR) is 126 cm³/mol. The predicted octanol–water partition coefficient (Wildman–Crippen LogP) is 3.48. The number of furan rings is 1. The van der Waals surface area contributed by atoms with E-state index in [-0.39, 0.29) is 33.2 Å². The lowest BCUT2D eigenvalue weighted by molar-refractivity contribution is -0.144. The average Bonchev–Trinajstić information content (AvgIpc) is 3.29. The first-order chi connectivity index (χ1) is 16.5. The molecule has 0 saturated heterocycles. The quantitative estimate of drug-likeness (QED) is 0.160. The number of carbonyl (C=O) groups is 1. The SMILES string of the molecule is C=CC(=O)OCC(O)COCOCC(O)COc1ccc2cc(-c3ccccc3CC)oc2c1. The smallest absolute Gasteiger partial charge is 0.330 e. The number of aliphatic hydroxyl groups is 2. The highest BCUT2D eigenvalue weighted by atomic mass is 16.7. The van der Waals surface area contributed by atoms with Gasteiger partial charge in [-0.1, -0.05) is 37.8 Å². The third-order valence-corrected chi connectivity index (χ3v) is 4.97. The Kier molecular flexibility index (Phi) is 9.66. The zero-order valence-electron chi connectivity index (χ0n) is 19.1. The number of rotatable bonds is 14. The van der Waals surface area contributed by atoms with Crippen molar-refractivity contribution in [3.05, 3.63) is 66.7 Å². The fourth-order valence-corrected chi connectivity index (χ4v) is 3.26. The van der Waals surface area contributed by atoms with Crippen molar-refractivity contribution in [3.8, 4) is 17.1 Å². The molecule has 0 bridgehead atoms. The van der Waals surface area contributed by atoms with Crippen LogP contribution >= 0.6 is 0 Å². The molecule has 1 aromatic heterocycles. The third-order valence-electron chi connectivity index (χ3n) is 4.97. The molecule has 0 spiro atoms. The molecule has 3 aromatic rings. The summed E-state index contributed by atoms with van der Waals surface area (Å²) in [6.07, 6.45) is 0.0735.